The van der Waals surface area contributed by atoms with Crippen molar-refractivity contribution < 1.29 is 9.53 Å². The summed E-state index contributed by atoms with van der Waals surface area (Å²) < 4.78 is 7.57. The van der Waals surface area contributed by atoms with Gasteiger partial charge < -0.3 is 4.74 Å². The topological polar surface area (TPSA) is 57.0 Å². The summed E-state index contributed by atoms with van der Waals surface area (Å²) in [6, 6.07) is 7.30. The van der Waals surface area contributed by atoms with Gasteiger partial charge in [-0.3, -0.25) is 4.79 Å². The molecule has 0 N–H and O–H groups in total. The summed E-state index contributed by atoms with van der Waals surface area (Å²) in [4.78, 5) is 16.0. The van der Waals surface area contributed by atoms with E-state index in [-0.39, 0.29) is 5.78 Å². The number of ether oxygens (including phenoxy) is 1. The third-order valence-corrected chi connectivity index (χ3v) is 3.00. The lowest BCUT2D eigenvalue weighted by Gasteiger charge is -2.10. The fraction of sp³-hybridized carbons (Fsp3) is 0.400. The first-order valence-electron chi connectivity index (χ1n) is 6.88. The Morgan fingerprint density at radius 2 is 2.10 bits per heavy atom. The number of rotatable bonds is 7. The molecule has 0 aliphatic heterocycles. The van der Waals surface area contributed by atoms with Crippen LogP contribution in [0.3, 0.4) is 0 Å². The predicted octanol–water partition coefficient (Wildman–Crippen LogP) is 2.86. The normalized spacial score (nSPS) is 10.5. The number of carbonyl (C=O) groups excluding carboxylic acids is 1. The number of aromatic nitrogens is 3. The van der Waals surface area contributed by atoms with Crippen molar-refractivity contribution in [3.05, 3.63) is 42.0 Å². The second kappa shape index (κ2) is 6.84. The molecule has 2 rings (SSSR count). The maximum absolute atomic E-state index is 11.9. The minimum Gasteiger partial charge on any atom is -0.485 e. The van der Waals surface area contributed by atoms with Crippen LogP contribution in [0.15, 0.2) is 30.6 Å². The van der Waals surface area contributed by atoms with Gasteiger partial charge in [0.2, 0.25) is 0 Å². The lowest BCUT2D eigenvalue weighted by atomic mass is 10.1. The molecule has 1 aromatic heterocycles. The third kappa shape index (κ3) is 3.23. The van der Waals surface area contributed by atoms with Crippen LogP contribution in [0.25, 0.3) is 0 Å². The standard InChI is InChI=1S/C15H19N3O2/c1-3-9-18-15(16-11-17-18)10-20-14-8-6-5-7-12(14)13(19)4-2/h5-8,11H,3-4,9-10H2,1-2H3. The molecule has 0 fully saturated rings. The molecule has 5 nitrogen and oxygen atoms in total. The van der Waals surface area contributed by atoms with E-state index in [9.17, 15) is 4.79 Å². The van der Waals surface area contributed by atoms with Crippen molar-refractivity contribution in [3.8, 4) is 5.75 Å². The first-order valence-corrected chi connectivity index (χ1v) is 6.88. The van der Waals surface area contributed by atoms with Crippen LogP contribution in [0.2, 0.25) is 0 Å². The van der Waals surface area contributed by atoms with Gasteiger partial charge in [0, 0.05) is 13.0 Å². The molecule has 0 saturated heterocycles. The van der Waals surface area contributed by atoms with Crippen molar-refractivity contribution >= 4 is 5.78 Å². The number of benzene rings is 1. The van der Waals surface area contributed by atoms with Gasteiger partial charge in [-0.1, -0.05) is 26.0 Å². The molecule has 0 radical (unpaired) electrons. The first-order chi connectivity index (χ1) is 9.76. The largest absolute Gasteiger partial charge is 0.485 e. The minimum absolute atomic E-state index is 0.0793. The molecule has 1 aromatic carbocycles. The maximum atomic E-state index is 11.9. The lowest BCUT2D eigenvalue weighted by Crippen LogP contribution is -2.10. The molecule has 0 unspecified atom stereocenters. The summed E-state index contributed by atoms with van der Waals surface area (Å²) in [6.07, 6.45) is 2.98. The quantitative estimate of drug-likeness (QED) is 0.728. The number of Topliss-reactive ketones (excluding diaryl/α,β-unsaturated/α-hetero) is 1. The summed E-state index contributed by atoms with van der Waals surface area (Å²) in [5.74, 6) is 1.45. The van der Waals surface area contributed by atoms with E-state index < -0.39 is 0 Å². The van der Waals surface area contributed by atoms with Gasteiger partial charge >= 0.3 is 0 Å². The van der Waals surface area contributed by atoms with E-state index in [1.165, 1.54) is 6.33 Å². The molecule has 0 atom stereocenters. The molecule has 20 heavy (non-hydrogen) atoms. The Bertz CT molecular complexity index is 578. The van der Waals surface area contributed by atoms with E-state index in [1.54, 1.807) is 6.07 Å². The SMILES string of the molecule is CCCn1ncnc1COc1ccccc1C(=O)CC. The first kappa shape index (κ1) is 14.2. The average Bonchev–Trinajstić information content (AvgIpc) is 2.92. The van der Waals surface area contributed by atoms with Crippen molar-refractivity contribution in [1.29, 1.82) is 0 Å². The van der Waals surface area contributed by atoms with Crippen molar-refractivity contribution in [2.24, 2.45) is 0 Å². The zero-order valence-electron chi connectivity index (χ0n) is 11.9. The van der Waals surface area contributed by atoms with Gasteiger partial charge in [-0.25, -0.2) is 9.67 Å². The van der Waals surface area contributed by atoms with Crippen LogP contribution < -0.4 is 4.74 Å². The van der Waals surface area contributed by atoms with Crippen molar-refractivity contribution in [3.63, 3.8) is 0 Å². The summed E-state index contributed by atoms with van der Waals surface area (Å²) in [5, 5.41) is 4.15. The fourth-order valence-corrected chi connectivity index (χ4v) is 1.95. The number of nitrogens with zero attached hydrogens (tertiary/aromatic N) is 3. The zero-order chi connectivity index (χ0) is 14.4. The number of hydrogen-bond donors (Lipinski definition) is 0. The Morgan fingerprint density at radius 1 is 1.30 bits per heavy atom. The highest BCUT2D eigenvalue weighted by atomic mass is 16.5. The van der Waals surface area contributed by atoms with Gasteiger partial charge in [0.25, 0.3) is 0 Å². The zero-order valence-corrected chi connectivity index (χ0v) is 11.9. The van der Waals surface area contributed by atoms with Crippen LogP contribution in [0.4, 0.5) is 0 Å². The molecule has 1 heterocycles. The minimum atomic E-state index is 0.0793. The van der Waals surface area contributed by atoms with Gasteiger partial charge in [0.1, 0.15) is 18.7 Å². The fourth-order valence-electron chi connectivity index (χ4n) is 1.95. The number of ketones is 1. The Morgan fingerprint density at radius 3 is 2.85 bits per heavy atom. The molecule has 106 valence electrons. The van der Waals surface area contributed by atoms with E-state index in [0.717, 1.165) is 18.8 Å². The number of para-hydroxylation sites is 1. The van der Waals surface area contributed by atoms with Gasteiger partial charge in [-0.05, 0) is 18.6 Å². The monoisotopic (exact) mass is 273 g/mol. The second-order valence-corrected chi connectivity index (χ2v) is 4.46. The third-order valence-electron chi connectivity index (χ3n) is 3.00. The van der Waals surface area contributed by atoms with E-state index in [2.05, 4.69) is 17.0 Å². The predicted molar refractivity (Wildman–Crippen MR) is 75.7 cm³/mol. The molecule has 0 saturated carbocycles. The molecule has 0 spiro atoms. The molecule has 0 aliphatic rings. The highest BCUT2D eigenvalue weighted by Gasteiger charge is 2.11. The molecule has 0 amide bonds. The van der Waals surface area contributed by atoms with Gasteiger partial charge in [0.15, 0.2) is 11.6 Å². The number of aryl methyl sites for hydroxylation is 1. The summed E-state index contributed by atoms with van der Waals surface area (Å²) in [5.41, 5.74) is 0.622. The lowest BCUT2D eigenvalue weighted by molar-refractivity contribution is 0.0983. The molecular weight excluding hydrogens is 254 g/mol. The van der Waals surface area contributed by atoms with Crippen molar-refractivity contribution in [2.75, 3.05) is 0 Å². The highest BCUT2D eigenvalue weighted by Crippen LogP contribution is 2.20. The number of hydrogen-bond acceptors (Lipinski definition) is 4. The van der Waals surface area contributed by atoms with Crippen LogP contribution in [0, 0.1) is 0 Å². The Balaban J connectivity index is 2.11. The van der Waals surface area contributed by atoms with Crippen LogP contribution in [-0.2, 0) is 13.2 Å². The van der Waals surface area contributed by atoms with E-state index >= 15 is 0 Å². The van der Waals surface area contributed by atoms with E-state index in [4.69, 9.17) is 4.74 Å². The van der Waals surface area contributed by atoms with Crippen molar-refractivity contribution in [2.45, 2.75) is 39.8 Å². The van der Waals surface area contributed by atoms with Crippen LogP contribution in [0.5, 0.6) is 5.75 Å². The van der Waals surface area contributed by atoms with Crippen LogP contribution in [0.1, 0.15) is 42.9 Å². The highest BCUT2D eigenvalue weighted by molar-refractivity contribution is 5.98. The Hall–Kier alpha value is -2.17. The summed E-state index contributed by atoms with van der Waals surface area (Å²) in [7, 11) is 0. The molecule has 5 heteroatoms. The van der Waals surface area contributed by atoms with E-state index in [0.29, 0.717) is 24.3 Å². The van der Waals surface area contributed by atoms with Gasteiger partial charge in [-0.15, -0.1) is 0 Å². The Kier molecular flexibility index (Phi) is 4.87. The molecule has 0 bridgehead atoms. The second-order valence-electron chi connectivity index (χ2n) is 4.46. The van der Waals surface area contributed by atoms with Crippen molar-refractivity contribution in [1.82, 2.24) is 14.8 Å². The smallest absolute Gasteiger partial charge is 0.166 e. The van der Waals surface area contributed by atoms with Crippen LogP contribution >= 0.6 is 0 Å². The molecule has 0 aliphatic carbocycles. The molecule has 2 aromatic rings. The molecular formula is C15H19N3O2. The maximum Gasteiger partial charge on any atom is 0.166 e. The summed E-state index contributed by atoms with van der Waals surface area (Å²) in [6.45, 7) is 5.06. The van der Waals surface area contributed by atoms with E-state index in [1.807, 2.05) is 29.8 Å². The van der Waals surface area contributed by atoms with Gasteiger partial charge in [0.05, 0.1) is 5.56 Å². The van der Waals surface area contributed by atoms with Gasteiger partial charge in [-0.2, -0.15) is 5.10 Å². The average molecular weight is 273 g/mol. The Labute approximate surface area is 118 Å². The number of carbonyl (C=O) groups is 1. The summed E-state index contributed by atoms with van der Waals surface area (Å²) >= 11 is 0. The van der Waals surface area contributed by atoms with Crippen LogP contribution in [-0.4, -0.2) is 20.5 Å².